The zero-order chi connectivity index (χ0) is 12.7. The van der Waals surface area contributed by atoms with E-state index in [-0.39, 0.29) is 22.4 Å². The second-order valence-electron chi connectivity index (χ2n) is 3.68. The van der Waals surface area contributed by atoms with Gasteiger partial charge in [-0.15, -0.1) is 0 Å². The quantitative estimate of drug-likeness (QED) is 0.681. The fraction of sp³-hybridized carbons (Fsp3) is 0.0833. The highest BCUT2D eigenvalue weighted by molar-refractivity contribution is 6.58. The smallest absolute Gasteiger partial charge is 0.215 e. The average molecular weight is 231 g/mol. The normalized spacial score (nSPS) is 14.9. The lowest BCUT2D eigenvalue weighted by molar-refractivity contribution is -0.113. The van der Waals surface area contributed by atoms with E-state index in [1.807, 2.05) is 0 Å². The van der Waals surface area contributed by atoms with Crippen LogP contribution in [0.2, 0.25) is 0 Å². The molecule has 0 atom stereocenters. The van der Waals surface area contributed by atoms with Gasteiger partial charge in [-0.2, -0.15) is 0 Å². The minimum atomic E-state index is -0.763. The van der Waals surface area contributed by atoms with Crippen molar-refractivity contribution in [3.05, 3.63) is 34.9 Å². The number of ketones is 2. The van der Waals surface area contributed by atoms with Crippen molar-refractivity contribution < 1.29 is 19.8 Å². The van der Waals surface area contributed by atoms with Crippen LogP contribution in [-0.2, 0) is 4.79 Å². The van der Waals surface area contributed by atoms with Crippen molar-refractivity contribution in [1.29, 1.82) is 5.41 Å². The SMILES string of the molecule is CC(=O)C1=C(O)c2cccc(O)c2C(=O)C1=N. The first-order valence-corrected chi connectivity index (χ1v) is 4.85. The Labute approximate surface area is 96.5 Å². The Kier molecular flexibility index (Phi) is 2.31. The number of fused-ring (bicyclic) bond motifs is 1. The number of aliphatic hydroxyl groups is 1. The molecule has 2 rings (SSSR count). The summed E-state index contributed by atoms with van der Waals surface area (Å²) in [5.74, 6) is -2.07. The monoisotopic (exact) mass is 231 g/mol. The summed E-state index contributed by atoms with van der Waals surface area (Å²) in [6.45, 7) is 1.17. The minimum absolute atomic E-state index is 0.0798. The number of carbonyl (C=O) groups is 2. The molecule has 86 valence electrons. The van der Waals surface area contributed by atoms with Gasteiger partial charge >= 0.3 is 0 Å². The lowest BCUT2D eigenvalue weighted by atomic mass is 9.86. The van der Waals surface area contributed by atoms with E-state index >= 15 is 0 Å². The Bertz CT molecular complexity index is 599. The van der Waals surface area contributed by atoms with E-state index in [4.69, 9.17) is 5.41 Å². The Morgan fingerprint density at radius 1 is 1.29 bits per heavy atom. The molecule has 0 radical (unpaired) electrons. The minimum Gasteiger partial charge on any atom is -0.507 e. The number of aliphatic hydroxyl groups excluding tert-OH is 1. The highest BCUT2D eigenvalue weighted by atomic mass is 16.3. The Hall–Kier alpha value is -2.43. The largest absolute Gasteiger partial charge is 0.507 e. The zero-order valence-electron chi connectivity index (χ0n) is 8.94. The summed E-state index contributed by atoms with van der Waals surface area (Å²) in [5.41, 5.74) is -0.965. The number of rotatable bonds is 1. The molecular formula is C12H9NO4. The first-order valence-electron chi connectivity index (χ1n) is 4.85. The summed E-state index contributed by atoms with van der Waals surface area (Å²) in [6.07, 6.45) is 0. The number of phenolic OH excluding ortho intramolecular Hbond substituents is 1. The van der Waals surface area contributed by atoms with E-state index < -0.39 is 23.0 Å². The van der Waals surface area contributed by atoms with Gasteiger partial charge in [-0.3, -0.25) is 15.0 Å². The van der Waals surface area contributed by atoms with Gasteiger partial charge in [0.1, 0.15) is 17.2 Å². The Morgan fingerprint density at radius 2 is 1.94 bits per heavy atom. The topological polar surface area (TPSA) is 98.4 Å². The van der Waals surface area contributed by atoms with Crippen molar-refractivity contribution in [2.75, 3.05) is 0 Å². The van der Waals surface area contributed by atoms with E-state index in [1.165, 1.54) is 25.1 Å². The maximum atomic E-state index is 11.8. The first kappa shape index (κ1) is 11.1. The summed E-state index contributed by atoms with van der Waals surface area (Å²) in [6, 6.07) is 4.15. The van der Waals surface area contributed by atoms with Gasteiger partial charge in [-0.1, -0.05) is 12.1 Å². The summed E-state index contributed by atoms with van der Waals surface area (Å²) < 4.78 is 0. The molecule has 0 bridgehead atoms. The maximum absolute atomic E-state index is 11.8. The average Bonchev–Trinajstić information content (AvgIpc) is 2.25. The molecule has 3 N–H and O–H groups in total. The van der Waals surface area contributed by atoms with Gasteiger partial charge in [-0.05, 0) is 13.0 Å². The summed E-state index contributed by atoms with van der Waals surface area (Å²) >= 11 is 0. The molecule has 0 amide bonds. The van der Waals surface area contributed by atoms with E-state index in [1.54, 1.807) is 0 Å². The number of benzene rings is 1. The fourth-order valence-electron chi connectivity index (χ4n) is 1.81. The van der Waals surface area contributed by atoms with Crippen LogP contribution in [0.15, 0.2) is 23.8 Å². The van der Waals surface area contributed by atoms with Crippen LogP contribution < -0.4 is 0 Å². The summed E-state index contributed by atoms with van der Waals surface area (Å²) in [7, 11) is 0. The molecular weight excluding hydrogens is 222 g/mol. The predicted molar refractivity (Wildman–Crippen MR) is 60.4 cm³/mol. The van der Waals surface area contributed by atoms with Crippen LogP contribution in [0.4, 0.5) is 0 Å². The van der Waals surface area contributed by atoms with Gasteiger partial charge in [0.2, 0.25) is 5.78 Å². The van der Waals surface area contributed by atoms with E-state index in [0.29, 0.717) is 0 Å². The molecule has 17 heavy (non-hydrogen) atoms. The molecule has 0 aliphatic heterocycles. The van der Waals surface area contributed by atoms with Crippen LogP contribution in [0.1, 0.15) is 22.8 Å². The third-order valence-electron chi connectivity index (χ3n) is 2.59. The molecule has 0 saturated carbocycles. The molecule has 1 aliphatic rings. The van der Waals surface area contributed by atoms with Gasteiger partial charge in [0.15, 0.2) is 5.78 Å². The van der Waals surface area contributed by atoms with Crippen molar-refractivity contribution >= 4 is 23.0 Å². The second kappa shape index (κ2) is 3.55. The standard InChI is InChI=1S/C12H9NO4/c1-5(14)8-10(13)12(17)9-6(11(8)16)3-2-4-7(9)15/h2-4,13,15-16H,1H3. The molecule has 1 aromatic carbocycles. The number of hydrogen-bond donors (Lipinski definition) is 3. The van der Waals surface area contributed by atoms with Gasteiger partial charge in [0, 0.05) is 5.56 Å². The zero-order valence-corrected chi connectivity index (χ0v) is 8.94. The Balaban J connectivity index is 2.84. The molecule has 5 nitrogen and oxygen atoms in total. The van der Waals surface area contributed by atoms with Gasteiger partial charge in [-0.25, -0.2) is 0 Å². The lowest BCUT2D eigenvalue weighted by Crippen LogP contribution is -2.26. The van der Waals surface area contributed by atoms with E-state index in [9.17, 15) is 19.8 Å². The van der Waals surface area contributed by atoms with Gasteiger partial charge in [0.05, 0.1) is 11.1 Å². The van der Waals surface area contributed by atoms with Crippen molar-refractivity contribution in [2.24, 2.45) is 0 Å². The summed E-state index contributed by atoms with van der Waals surface area (Å²) in [4.78, 5) is 23.1. The number of phenols is 1. The van der Waals surface area contributed by atoms with Crippen LogP contribution in [0.25, 0.3) is 5.76 Å². The number of aromatic hydroxyl groups is 1. The lowest BCUT2D eigenvalue weighted by Gasteiger charge is -2.18. The van der Waals surface area contributed by atoms with Crippen LogP contribution in [0, 0.1) is 5.41 Å². The molecule has 0 spiro atoms. The van der Waals surface area contributed by atoms with Crippen molar-refractivity contribution in [3.8, 4) is 5.75 Å². The molecule has 0 aromatic heterocycles. The number of carbonyl (C=O) groups excluding carboxylic acids is 2. The number of allylic oxidation sites excluding steroid dienone is 1. The van der Waals surface area contributed by atoms with Gasteiger partial charge in [0.25, 0.3) is 0 Å². The third kappa shape index (κ3) is 1.44. The maximum Gasteiger partial charge on any atom is 0.215 e. The van der Waals surface area contributed by atoms with Crippen molar-refractivity contribution in [2.45, 2.75) is 6.92 Å². The first-order chi connectivity index (χ1) is 7.95. The van der Waals surface area contributed by atoms with Crippen LogP contribution >= 0.6 is 0 Å². The van der Waals surface area contributed by atoms with Gasteiger partial charge < -0.3 is 10.2 Å². The third-order valence-corrected chi connectivity index (χ3v) is 2.59. The highest BCUT2D eigenvalue weighted by Crippen LogP contribution is 2.33. The molecule has 0 saturated heterocycles. The highest BCUT2D eigenvalue weighted by Gasteiger charge is 2.33. The Morgan fingerprint density at radius 3 is 2.53 bits per heavy atom. The molecule has 1 aromatic rings. The van der Waals surface area contributed by atoms with E-state index in [0.717, 1.165) is 0 Å². The number of hydrogen-bond acceptors (Lipinski definition) is 5. The molecule has 5 heteroatoms. The fourth-order valence-corrected chi connectivity index (χ4v) is 1.81. The molecule has 1 aliphatic carbocycles. The predicted octanol–water partition coefficient (Wildman–Crippen LogP) is 1.47. The second-order valence-corrected chi connectivity index (χ2v) is 3.68. The van der Waals surface area contributed by atoms with E-state index in [2.05, 4.69) is 0 Å². The van der Waals surface area contributed by atoms with Crippen LogP contribution in [0.5, 0.6) is 5.75 Å². The number of Topliss-reactive ketones (excluding diaryl/α,β-unsaturated/α-hetero) is 2. The van der Waals surface area contributed by atoms with Crippen LogP contribution in [-0.4, -0.2) is 27.5 Å². The molecule has 0 fully saturated rings. The number of nitrogens with one attached hydrogen (secondary N) is 1. The van der Waals surface area contributed by atoms with Crippen molar-refractivity contribution in [1.82, 2.24) is 0 Å². The van der Waals surface area contributed by atoms with Crippen molar-refractivity contribution in [3.63, 3.8) is 0 Å². The van der Waals surface area contributed by atoms with Crippen LogP contribution in [0.3, 0.4) is 0 Å². The molecule has 0 heterocycles. The molecule has 0 unspecified atom stereocenters. The summed E-state index contributed by atoms with van der Waals surface area (Å²) in [5, 5.41) is 27.0.